The fourth-order valence-electron chi connectivity index (χ4n) is 2.07. The van der Waals surface area contributed by atoms with Gasteiger partial charge in [0.25, 0.3) is 0 Å². The molecule has 92 valence electrons. The number of carbonyl (C=O) groups excluding carboxylic acids is 1. The quantitative estimate of drug-likeness (QED) is 0.867. The van der Waals surface area contributed by atoms with Gasteiger partial charge in [0.2, 0.25) is 0 Å². The summed E-state index contributed by atoms with van der Waals surface area (Å²) in [5.41, 5.74) is 2.06. The van der Waals surface area contributed by atoms with Gasteiger partial charge in [-0.1, -0.05) is 12.1 Å². The van der Waals surface area contributed by atoms with Crippen LogP contribution in [0.5, 0.6) is 0 Å². The third kappa shape index (κ3) is 2.77. The lowest BCUT2D eigenvalue weighted by Crippen LogP contribution is -2.46. The first-order chi connectivity index (χ1) is 8.20. The van der Waals surface area contributed by atoms with Gasteiger partial charge in [-0.15, -0.1) is 0 Å². The Labute approximate surface area is 102 Å². The van der Waals surface area contributed by atoms with E-state index in [2.05, 4.69) is 5.32 Å². The molecule has 0 spiro atoms. The number of ether oxygens (including phenoxy) is 1. The molecule has 2 rings (SSSR count). The summed E-state index contributed by atoms with van der Waals surface area (Å²) in [7, 11) is 1.91. The van der Waals surface area contributed by atoms with E-state index in [0.29, 0.717) is 19.1 Å². The molecule has 1 heterocycles. The molecule has 0 saturated carbocycles. The smallest absolute Gasteiger partial charge is 0.414 e. The van der Waals surface area contributed by atoms with Gasteiger partial charge in [0.15, 0.2) is 0 Å². The van der Waals surface area contributed by atoms with Gasteiger partial charge < -0.3 is 10.1 Å². The lowest BCUT2D eigenvalue weighted by atomic mass is 10.1. The molecule has 0 radical (unpaired) electrons. The molecule has 1 atom stereocenters. The normalized spacial score (nSPS) is 20.2. The number of benzene rings is 1. The molecule has 0 aromatic heterocycles. The van der Waals surface area contributed by atoms with E-state index < -0.39 is 0 Å². The molecule has 4 heteroatoms. The van der Waals surface area contributed by atoms with Gasteiger partial charge in [-0.2, -0.15) is 0 Å². The van der Waals surface area contributed by atoms with Gasteiger partial charge in [-0.3, -0.25) is 4.90 Å². The Kier molecular flexibility index (Phi) is 3.64. The molecule has 1 aromatic carbocycles. The Balaban J connectivity index is 2.15. The van der Waals surface area contributed by atoms with E-state index in [9.17, 15) is 4.79 Å². The van der Waals surface area contributed by atoms with Crippen molar-refractivity contribution < 1.29 is 9.53 Å². The molecule has 1 N–H and O–H groups in total. The zero-order chi connectivity index (χ0) is 12.3. The standard InChI is InChI=1S/C13H18N2O2/c1-10-4-3-5-12(6-10)15-8-11(7-14-2)9-17-13(15)16/h3-6,11,14H,7-9H2,1-2H3. The van der Waals surface area contributed by atoms with Crippen LogP contribution in [0, 0.1) is 12.8 Å². The van der Waals surface area contributed by atoms with Crippen LogP contribution in [0.3, 0.4) is 0 Å². The van der Waals surface area contributed by atoms with Gasteiger partial charge in [0.1, 0.15) is 0 Å². The average molecular weight is 234 g/mol. The zero-order valence-corrected chi connectivity index (χ0v) is 10.3. The van der Waals surface area contributed by atoms with E-state index in [-0.39, 0.29) is 6.09 Å². The summed E-state index contributed by atoms with van der Waals surface area (Å²) in [6, 6.07) is 7.92. The maximum Gasteiger partial charge on any atom is 0.414 e. The SMILES string of the molecule is CNCC1COC(=O)N(c2cccc(C)c2)C1. The van der Waals surface area contributed by atoms with Crippen molar-refractivity contribution in [2.75, 3.05) is 31.6 Å². The number of hydrogen-bond acceptors (Lipinski definition) is 3. The van der Waals surface area contributed by atoms with Gasteiger partial charge in [-0.25, -0.2) is 4.79 Å². The Hall–Kier alpha value is -1.55. The van der Waals surface area contributed by atoms with Crippen LogP contribution in [0.4, 0.5) is 10.5 Å². The van der Waals surface area contributed by atoms with Crippen LogP contribution >= 0.6 is 0 Å². The van der Waals surface area contributed by atoms with Crippen molar-refractivity contribution in [3.8, 4) is 0 Å². The number of nitrogens with zero attached hydrogens (tertiary/aromatic N) is 1. The first-order valence-electron chi connectivity index (χ1n) is 5.86. The number of carbonyl (C=O) groups is 1. The highest BCUT2D eigenvalue weighted by atomic mass is 16.6. The lowest BCUT2D eigenvalue weighted by molar-refractivity contribution is 0.115. The zero-order valence-electron chi connectivity index (χ0n) is 10.3. The van der Waals surface area contributed by atoms with Crippen LogP contribution in [-0.2, 0) is 4.74 Å². The minimum Gasteiger partial charge on any atom is -0.449 e. The summed E-state index contributed by atoms with van der Waals surface area (Å²) in [6.07, 6.45) is -0.247. The van der Waals surface area contributed by atoms with Gasteiger partial charge >= 0.3 is 6.09 Å². The molecule has 4 nitrogen and oxygen atoms in total. The molecule has 1 aliphatic heterocycles. The Bertz CT molecular complexity index is 406. The van der Waals surface area contributed by atoms with Crippen LogP contribution < -0.4 is 10.2 Å². The second-order valence-corrected chi connectivity index (χ2v) is 4.45. The molecular formula is C13H18N2O2. The third-order valence-corrected chi connectivity index (χ3v) is 2.91. The van der Waals surface area contributed by atoms with Crippen molar-refractivity contribution in [3.05, 3.63) is 29.8 Å². The molecule has 1 aromatic rings. The van der Waals surface area contributed by atoms with E-state index >= 15 is 0 Å². The van der Waals surface area contributed by atoms with Crippen LogP contribution in [0.2, 0.25) is 0 Å². The molecule has 1 saturated heterocycles. The molecule has 1 fully saturated rings. The minimum absolute atomic E-state index is 0.247. The van der Waals surface area contributed by atoms with Crippen molar-refractivity contribution in [1.82, 2.24) is 5.32 Å². The van der Waals surface area contributed by atoms with Crippen LogP contribution in [0.15, 0.2) is 24.3 Å². The predicted octanol–water partition coefficient (Wildman–Crippen LogP) is 1.79. The molecule has 0 bridgehead atoms. The number of cyclic esters (lactones) is 1. The monoisotopic (exact) mass is 234 g/mol. The summed E-state index contributed by atoms with van der Waals surface area (Å²) in [6.45, 7) is 4.09. The predicted molar refractivity (Wildman–Crippen MR) is 67.3 cm³/mol. The maximum atomic E-state index is 11.7. The molecule has 1 unspecified atom stereocenters. The van der Waals surface area contributed by atoms with Gasteiger partial charge in [-0.05, 0) is 31.7 Å². The second kappa shape index (κ2) is 5.19. The Morgan fingerprint density at radius 3 is 3.06 bits per heavy atom. The van der Waals surface area contributed by atoms with Crippen molar-refractivity contribution in [2.45, 2.75) is 6.92 Å². The van der Waals surface area contributed by atoms with E-state index in [1.165, 1.54) is 0 Å². The fourth-order valence-corrected chi connectivity index (χ4v) is 2.07. The number of anilines is 1. The van der Waals surface area contributed by atoms with Crippen molar-refractivity contribution in [3.63, 3.8) is 0 Å². The molecule has 1 amide bonds. The molecule has 17 heavy (non-hydrogen) atoms. The van der Waals surface area contributed by atoms with Gasteiger partial charge in [0.05, 0.1) is 6.61 Å². The summed E-state index contributed by atoms with van der Waals surface area (Å²) in [5.74, 6) is 0.346. The largest absolute Gasteiger partial charge is 0.449 e. The third-order valence-electron chi connectivity index (χ3n) is 2.91. The number of amides is 1. The van der Waals surface area contributed by atoms with Crippen LogP contribution in [0.25, 0.3) is 0 Å². The summed E-state index contributed by atoms with van der Waals surface area (Å²) >= 11 is 0. The first-order valence-corrected chi connectivity index (χ1v) is 5.86. The average Bonchev–Trinajstić information content (AvgIpc) is 2.32. The van der Waals surface area contributed by atoms with Crippen LogP contribution in [0.1, 0.15) is 5.56 Å². The number of hydrogen-bond donors (Lipinski definition) is 1. The highest BCUT2D eigenvalue weighted by molar-refractivity contribution is 5.88. The van der Waals surface area contributed by atoms with E-state index in [1.54, 1.807) is 4.90 Å². The lowest BCUT2D eigenvalue weighted by Gasteiger charge is -2.32. The topological polar surface area (TPSA) is 41.6 Å². The first kappa shape index (κ1) is 11.9. The van der Waals surface area contributed by atoms with Gasteiger partial charge in [0, 0.05) is 24.7 Å². The summed E-state index contributed by atoms with van der Waals surface area (Å²) in [5, 5.41) is 3.12. The summed E-state index contributed by atoms with van der Waals surface area (Å²) in [4.78, 5) is 13.4. The molecule has 0 aliphatic carbocycles. The molecular weight excluding hydrogens is 216 g/mol. The number of nitrogens with one attached hydrogen (secondary N) is 1. The fraction of sp³-hybridized carbons (Fsp3) is 0.462. The molecule has 1 aliphatic rings. The minimum atomic E-state index is -0.247. The number of rotatable bonds is 3. The Morgan fingerprint density at radius 1 is 1.53 bits per heavy atom. The van der Waals surface area contributed by atoms with Crippen molar-refractivity contribution in [1.29, 1.82) is 0 Å². The Morgan fingerprint density at radius 2 is 2.35 bits per heavy atom. The maximum absolute atomic E-state index is 11.7. The highest BCUT2D eigenvalue weighted by Crippen LogP contribution is 2.21. The van der Waals surface area contributed by atoms with Crippen molar-refractivity contribution >= 4 is 11.8 Å². The second-order valence-electron chi connectivity index (χ2n) is 4.45. The van der Waals surface area contributed by atoms with Crippen LogP contribution in [-0.4, -0.2) is 32.8 Å². The summed E-state index contributed by atoms with van der Waals surface area (Å²) < 4.78 is 5.20. The highest BCUT2D eigenvalue weighted by Gasteiger charge is 2.27. The van der Waals surface area contributed by atoms with E-state index in [4.69, 9.17) is 4.74 Å². The van der Waals surface area contributed by atoms with E-state index in [1.807, 2.05) is 38.2 Å². The number of aryl methyl sites for hydroxylation is 1. The van der Waals surface area contributed by atoms with Crippen molar-refractivity contribution in [2.24, 2.45) is 5.92 Å². The van der Waals surface area contributed by atoms with E-state index in [0.717, 1.165) is 17.8 Å².